The fourth-order valence-corrected chi connectivity index (χ4v) is 6.23. The van der Waals surface area contributed by atoms with E-state index in [0.29, 0.717) is 19.3 Å². The number of phosphoric acid groups is 1. The molecule has 0 aromatic heterocycles. The Labute approximate surface area is 338 Å². The zero-order chi connectivity index (χ0) is 41.4. The molecule has 0 saturated carbocycles. The Balaban J connectivity index is 4.47. The average molecular weight is 810 g/mol. The summed E-state index contributed by atoms with van der Waals surface area (Å²) in [5.74, 6) is -2.45. The maximum atomic E-state index is 12.6. The number of carbonyl (C=O) groups is 3. The minimum Gasteiger partial charge on any atom is -0.480 e. The molecule has 12 heteroatoms. The van der Waals surface area contributed by atoms with Gasteiger partial charge in [0.2, 0.25) is 0 Å². The highest BCUT2D eigenvalue weighted by atomic mass is 31.2. The molecule has 0 amide bonds. The van der Waals surface area contributed by atoms with Crippen LogP contribution in [0.15, 0.2) is 60.8 Å². The van der Waals surface area contributed by atoms with Crippen LogP contribution in [0.3, 0.4) is 0 Å². The number of carbonyl (C=O) groups excluding carboxylic acids is 2. The van der Waals surface area contributed by atoms with Crippen molar-refractivity contribution in [3.05, 3.63) is 60.8 Å². The summed E-state index contributed by atoms with van der Waals surface area (Å²) >= 11 is 0. The lowest BCUT2D eigenvalue weighted by molar-refractivity contribution is -0.161. The molecule has 0 rings (SSSR count). The van der Waals surface area contributed by atoms with E-state index in [1.165, 1.54) is 70.6 Å². The summed E-state index contributed by atoms with van der Waals surface area (Å²) in [5.41, 5.74) is 5.33. The molecule has 0 aromatic carbocycles. The Bertz CT molecular complexity index is 1180. The van der Waals surface area contributed by atoms with Gasteiger partial charge >= 0.3 is 25.7 Å². The second kappa shape index (κ2) is 39.0. The number of hydrogen-bond acceptors (Lipinski definition) is 9. The lowest BCUT2D eigenvalue weighted by Crippen LogP contribution is -2.34. The molecule has 0 saturated heterocycles. The molecule has 1 unspecified atom stereocenters. The first-order valence-electron chi connectivity index (χ1n) is 21.3. The summed E-state index contributed by atoms with van der Waals surface area (Å²) in [6.45, 7) is 2.63. The highest BCUT2D eigenvalue weighted by Gasteiger charge is 2.28. The third-order valence-corrected chi connectivity index (χ3v) is 9.73. The smallest absolute Gasteiger partial charge is 0.472 e. The van der Waals surface area contributed by atoms with E-state index < -0.39 is 51.1 Å². The summed E-state index contributed by atoms with van der Waals surface area (Å²) in [7, 11) is -4.73. The number of hydrogen-bond donors (Lipinski definition) is 3. The minimum absolute atomic E-state index is 0.143. The molecule has 0 heterocycles. The van der Waals surface area contributed by atoms with Crippen molar-refractivity contribution >= 4 is 25.7 Å². The molecule has 0 aliphatic carbocycles. The molecule has 56 heavy (non-hydrogen) atoms. The van der Waals surface area contributed by atoms with E-state index in [1.807, 2.05) is 12.2 Å². The lowest BCUT2D eigenvalue weighted by atomic mass is 10.0. The predicted octanol–water partition coefficient (Wildman–Crippen LogP) is 11.2. The van der Waals surface area contributed by atoms with Crippen LogP contribution in [0.5, 0.6) is 0 Å². The van der Waals surface area contributed by atoms with Crippen LogP contribution >= 0.6 is 7.82 Å². The van der Waals surface area contributed by atoms with Crippen molar-refractivity contribution in [3.63, 3.8) is 0 Å². The predicted molar refractivity (Wildman–Crippen MR) is 226 cm³/mol. The van der Waals surface area contributed by atoms with Crippen molar-refractivity contribution in [1.82, 2.24) is 0 Å². The fourth-order valence-electron chi connectivity index (χ4n) is 5.45. The molecular formula is C44H76NO10P. The van der Waals surface area contributed by atoms with Crippen LogP contribution in [0.4, 0.5) is 0 Å². The summed E-state index contributed by atoms with van der Waals surface area (Å²) in [4.78, 5) is 45.9. The summed E-state index contributed by atoms with van der Waals surface area (Å²) in [5, 5.41) is 8.88. The first-order chi connectivity index (χ1) is 27.1. The van der Waals surface area contributed by atoms with Crippen molar-refractivity contribution in [3.8, 4) is 0 Å². The summed E-state index contributed by atoms with van der Waals surface area (Å²) in [6, 6.07) is -1.53. The second-order valence-electron chi connectivity index (χ2n) is 14.1. The maximum Gasteiger partial charge on any atom is 0.472 e. The van der Waals surface area contributed by atoms with Gasteiger partial charge in [-0.25, -0.2) is 4.57 Å². The average Bonchev–Trinajstić information content (AvgIpc) is 3.17. The van der Waals surface area contributed by atoms with E-state index in [-0.39, 0.29) is 19.4 Å². The summed E-state index contributed by atoms with van der Waals surface area (Å²) < 4.78 is 32.6. The van der Waals surface area contributed by atoms with Gasteiger partial charge in [-0.05, 0) is 51.4 Å². The molecule has 0 aromatic rings. The molecule has 0 bridgehead atoms. The van der Waals surface area contributed by atoms with Crippen molar-refractivity contribution in [2.45, 2.75) is 180 Å². The number of aliphatic carboxylic acids is 1. The third kappa shape index (κ3) is 38.1. The Morgan fingerprint density at radius 3 is 1.48 bits per heavy atom. The molecule has 0 aliphatic heterocycles. The highest BCUT2D eigenvalue weighted by molar-refractivity contribution is 7.47. The molecule has 322 valence electrons. The van der Waals surface area contributed by atoms with Gasteiger partial charge in [0, 0.05) is 12.8 Å². The van der Waals surface area contributed by atoms with Gasteiger partial charge < -0.3 is 25.2 Å². The number of nitrogens with two attached hydrogens (primary N) is 1. The van der Waals surface area contributed by atoms with Gasteiger partial charge in [-0.1, -0.05) is 164 Å². The molecule has 0 fully saturated rings. The van der Waals surface area contributed by atoms with Crippen LogP contribution in [0, 0.1) is 0 Å². The monoisotopic (exact) mass is 810 g/mol. The topological polar surface area (TPSA) is 172 Å². The Morgan fingerprint density at radius 1 is 0.571 bits per heavy atom. The number of esters is 2. The standard InChI is InChI=1S/C44H76NO10P/c1-3-5-7-9-11-13-15-17-19-20-22-23-25-27-29-31-33-35-42(46)52-37-40(38-53-56(50,51)54-39-41(45)44(48)49)55-43(47)36-34-32-30-28-26-24-21-18-16-14-12-10-8-6-4-2/h5,7,11,13,17,19,22-23,27,29,40-41H,3-4,6,8-10,12,14-16,18,20-21,24-26,28,30-39,45H2,1-2H3,(H,48,49)(H,50,51)/b7-5-,13-11-,19-17-,23-22-,29-27-/t40-,41+/m1/s1. The van der Waals surface area contributed by atoms with E-state index in [4.69, 9.17) is 24.8 Å². The third-order valence-electron chi connectivity index (χ3n) is 8.78. The fraction of sp³-hybridized carbons (Fsp3) is 0.705. The van der Waals surface area contributed by atoms with Gasteiger partial charge in [0.1, 0.15) is 12.6 Å². The van der Waals surface area contributed by atoms with E-state index in [1.54, 1.807) is 0 Å². The zero-order valence-corrected chi connectivity index (χ0v) is 35.6. The number of unbranched alkanes of at least 4 members (excludes halogenated alkanes) is 15. The number of carboxylic acid groups (broad SMARTS) is 1. The summed E-state index contributed by atoms with van der Waals surface area (Å²) in [6.07, 6.45) is 44.3. The van der Waals surface area contributed by atoms with Crippen molar-refractivity contribution in [2.75, 3.05) is 19.8 Å². The zero-order valence-electron chi connectivity index (χ0n) is 34.7. The number of phosphoric ester groups is 1. The normalized spacial score (nSPS) is 14.4. The number of rotatable bonds is 39. The van der Waals surface area contributed by atoms with Gasteiger partial charge in [0.15, 0.2) is 6.10 Å². The van der Waals surface area contributed by atoms with E-state index >= 15 is 0 Å². The van der Waals surface area contributed by atoms with E-state index in [9.17, 15) is 23.8 Å². The number of carboxylic acids is 1. The van der Waals surface area contributed by atoms with Crippen molar-refractivity contribution < 1.29 is 47.5 Å². The Kier molecular flexibility index (Phi) is 37.1. The van der Waals surface area contributed by atoms with Crippen molar-refractivity contribution in [2.24, 2.45) is 5.73 Å². The van der Waals surface area contributed by atoms with Crippen LogP contribution < -0.4 is 5.73 Å². The molecule has 0 aliphatic rings. The number of ether oxygens (including phenoxy) is 2. The number of allylic oxidation sites excluding steroid dienone is 10. The Hall–Kier alpha value is -2.82. The molecule has 11 nitrogen and oxygen atoms in total. The largest absolute Gasteiger partial charge is 0.480 e. The Morgan fingerprint density at radius 2 is 1.00 bits per heavy atom. The van der Waals surface area contributed by atoms with E-state index in [0.717, 1.165) is 51.4 Å². The molecule has 4 N–H and O–H groups in total. The lowest BCUT2D eigenvalue weighted by Gasteiger charge is -2.20. The van der Waals surface area contributed by atoms with Crippen LogP contribution in [0.2, 0.25) is 0 Å². The SMILES string of the molecule is CC/C=C\C/C=C\C/C=C\C/C=C\C/C=C\CCCC(=O)OC[C@H](COP(=O)(O)OC[C@H](N)C(=O)O)OC(=O)CCCCCCCCCCCCCCCCC. The van der Waals surface area contributed by atoms with Crippen LogP contribution in [-0.2, 0) is 37.5 Å². The van der Waals surface area contributed by atoms with Crippen molar-refractivity contribution in [1.29, 1.82) is 0 Å². The molecule has 3 atom stereocenters. The second-order valence-corrected chi connectivity index (χ2v) is 15.6. The van der Waals surface area contributed by atoms with Gasteiger partial charge in [0.05, 0.1) is 13.2 Å². The minimum atomic E-state index is -4.73. The van der Waals surface area contributed by atoms with Crippen LogP contribution in [0.25, 0.3) is 0 Å². The van der Waals surface area contributed by atoms with Crippen LogP contribution in [-0.4, -0.2) is 59.9 Å². The van der Waals surface area contributed by atoms with E-state index in [2.05, 4.69) is 67.0 Å². The molecular weight excluding hydrogens is 733 g/mol. The van der Waals surface area contributed by atoms with Gasteiger partial charge in [0.25, 0.3) is 0 Å². The molecule has 0 radical (unpaired) electrons. The maximum absolute atomic E-state index is 12.6. The van der Waals surface area contributed by atoms with Crippen LogP contribution in [0.1, 0.15) is 168 Å². The first kappa shape index (κ1) is 53.2. The van der Waals surface area contributed by atoms with Gasteiger partial charge in [-0.2, -0.15) is 0 Å². The first-order valence-corrected chi connectivity index (χ1v) is 22.8. The quantitative estimate of drug-likeness (QED) is 0.0233. The molecule has 0 spiro atoms. The highest BCUT2D eigenvalue weighted by Crippen LogP contribution is 2.43. The van der Waals surface area contributed by atoms with Gasteiger partial charge in [-0.3, -0.25) is 23.4 Å². The van der Waals surface area contributed by atoms with Gasteiger partial charge in [-0.15, -0.1) is 0 Å².